The molecule has 0 fully saturated rings. The number of sulfonamides is 1. The minimum absolute atomic E-state index is 0.0454. The van der Waals surface area contributed by atoms with Crippen molar-refractivity contribution in [2.24, 2.45) is 5.92 Å². The van der Waals surface area contributed by atoms with Gasteiger partial charge in [0, 0.05) is 19.2 Å². The van der Waals surface area contributed by atoms with Crippen molar-refractivity contribution in [1.82, 2.24) is 10.2 Å². The summed E-state index contributed by atoms with van der Waals surface area (Å²) in [4.78, 5) is 27.9. The minimum Gasteiger partial charge on any atom is -0.454 e. The van der Waals surface area contributed by atoms with Crippen LogP contribution in [0.25, 0.3) is 0 Å². The monoisotopic (exact) mass is 503 g/mol. The Hall–Kier alpha value is -3.27. The summed E-state index contributed by atoms with van der Waals surface area (Å²) in [7, 11) is -3.82. The van der Waals surface area contributed by atoms with Gasteiger partial charge < -0.3 is 19.7 Å². The van der Waals surface area contributed by atoms with Gasteiger partial charge in [0.2, 0.25) is 28.6 Å². The number of nitrogens with one attached hydrogen (secondary N) is 1. The standard InChI is InChI=1S/C25H33N3O6S/c1-17(2)13-26-25(30)19(4)27(14-20-9-7-6-8-18(20)3)24(29)15-28(35(5,31)32)21-10-11-22-23(12-21)34-16-33-22/h6-12,17,19H,13-16H2,1-5H3,(H,26,30)/t19-/m0/s1. The number of carbonyl (C=O) groups excluding carboxylic acids is 2. The third-order valence-corrected chi connectivity index (χ3v) is 6.92. The Bertz CT molecular complexity index is 1180. The summed E-state index contributed by atoms with van der Waals surface area (Å²) in [5.74, 6) is 0.364. The first kappa shape index (κ1) is 26.3. The average molecular weight is 504 g/mol. The zero-order valence-electron chi connectivity index (χ0n) is 20.8. The predicted octanol–water partition coefficient (Wildman–Crippen LogP) is 2.68. The van der Waals surface area contributed by atoms with Crippen LogP contribution in [0.5, 0.6) is 11.5 Å². The zero-order chi connectivity index (χ0) is 25.8. The second kappa shape index (κ2) is 11.0. The van der Waals surface area contributed by atoms with Crippen LogP contribution in [-0.4, -0.2) is 57.3 Å². The van der Waals surface area contributed by atoms with Gasteiger partial charge in [0.25, 0.3) is 0 Å². The molecule has 1 heterocycles. The summed E-state index contributed by atoms with van der Waals surface area (Å²) in [5, 5.41) is 2.87. The molecule has 0 radical (unpaired) electrons. The molecule has 190 valence electrons. The number of hydrogen-bond donors (Lipinski definition) is 1. The van der Waals surface area contributed by atoms with E-state index < -0.39 is 28.5 Å². The molecule has 1 aliphatic rings. The van der Waals surface area contributed by atoms with Gasteiger partial charge in [-0.1, -0.05) is 38.1 Å². The number of amides is 2. The summed E-state index contributed by atoms with van der Waals surface area (Å²) in [5.41, 5.74) is 2.12. The molecular formula is C25H33N3O6S. The predicted molar refractivity (Wildman–Crippen MR) is 134 cm³/mol. The van der Waals surface area contributed by atoms with E-state index in [1.165, 1.54) is 11.0 Å². The first-order chi connectivity index (χ1) is 16.5. The fraction of sp³-hybridized carbons (Fsp3) is 0.440. The molecule has 2 amide bonds. The molecular weight excluding hydrogens is 470 g/mol. The van der Waals surface area contributed by atoms with Gasteiger partial charge in [0.15, 0.2) is 11.5 Å². The normalized spacial score (nSPS) is 13.4. The van der Waals surface area contributed by atoms with E-state index in [2.05, 4.69) is 5.32 Å². The van der Waals surface area contributed by atoms with Crippen LogP contribution < -0.4 is 19.1 Å². The van der Waals surface area contributed by atoms with Crippen LogP contribution in [0.4, 0.5) is 5.69 Å². The van der Waals surface area contributed by atoms with E-state index in [1.807, 2.05) is 45.0 Å². The Morgan fingerprint density at radius 1 is 1.06 bits per heavy atom. The maximum atomic E-state index is 13.6. The number of carbonyl (C=O) groups is 2. The summed E-state index contributed by atoms with van der Waals surface area (Å²) >= 11 is 0. The topological polar surface area (TPSA) is 105 Å². The van der Waals surface area contributed by atoms with Crippen LogP contribution >= 0.6 is 0 Å². The Morgan fingerprint density at radius 2 is 1.74 bits per heavy atom. The molecule has 1 atom stereocenters. The lowest BCUT2D eigenvalue weighted by Gasteiger charge is -2.32. The molecule has 0 saturated heterocycles. The van der Waals surface area contributed by atoms with E-state index in [0.29, 0.717) is 18.0 Å². The minimum atomic E-state index is -3.82. The molecule has 2 aromatic carbocycles. The molecule has 1 aliphatic heterocycles. The van der Waals surface area contributed by atoms with Crippen LogP contribution in [0.2, 0.25) is 0 Å². The largest absolute Gasteiger partial charge is 0.454 e. The second-order valence-electron chi connectivity index (χ2n) is 9.07. The lowest BCUT2D eigenvalue weighted by atomic mass is 10.1. The lowest BCUT2D eigenvalue weighted by molar-refractivity contribution is -0.139. The fourth-order valence-corrected chi connectivity index (χ4v) is 4.50. The van der Waals surface area contributed by atoms with Crippen molar-refractivity contribution in [3.63, 3.8) is 0 Å². The SMILES string of the molecule is Cc1ccccc1CN(C(=O)CN(c1ccc2c(c1)OCO2)S(C)(=O)=O)[C@@H](C)C(=O)NCC(C)C. The number of anilines is 1. The smallest absolute Gasteiger partial charge is 0.244 e. The van der Waals surface area contributed by atoms with Gasteiger partial charge in [-0.2, -0.15) is 0 Å². The number of benzene rings is 2. The molecule has 35 heavy (non-hydrogen) atoms. The highest BCUT2D eigenvalue weighted by molar-refractivity contribution is 7.92. The quantitative estimate of drug-likeness (QED) is 0.535. The number of rotatable bonds is 10. The maximum Gasteiger partial charge on any atom is 0.244 e. The van der Waals surface area contributed by atoms with Gasteiger partial charge in [-0.05, 0) is 43.0 Å². The summed E-state index contributed by atoms with van der Waals surface area (Å²) in [6.45, 7) is 7.76. The third-order valence-electron chi connectivity index (χ3n) is 5.78. The molecule has 2 aromatic rings. The van der Waals surface area contributed by atoms with Crippen LogP contribution in [0.3, 0.4) is 0 Å². The molecule has 0 unspecified atom stereocenters. The molecule has 0 bridgehead atoms. The van der Waals surface area contributed by atoms with E-state index in [-0.39, 0.29) is 30.9 Å². The number of hydrogen-bond acceptors (Lipinski definition) is 6. The van der Waals surface area contributed by atoms with Gasteiger partial charge in [0.05, 0.1) is 11.9 Å². The lowest BCUT2D eigenvalue weighted by Crippen LogP contribution is -2.51. The van der Waals surface area contributed by atoms with Gasteiger partial charge in [-0.3, -0.25) is 13.9 Å². The van der Waals surface area contributed by atoms with Gasteiger partial charge in [-0.25, -0.2) is 8.42 Å². The van der Waals surface area contributed by atoms with Crippen molar-refractivity contribution in [2.45, 2.75) is 40.3 Å². The van der Waals surface area contributed by atoms with Gasteiger partial charge in [0.1, 0.15) is 12.6 Å². The summed E-state index contributed by atoms with van der Waals surface area (Å²) in [6.07, 6.45) is 1.04. The van der Waals surface area contributed by atoms with Gasteiger partial charge >= 0.3 is 0 Å². The summed E-state index contributed by atoms with van der Waals surface area (Å²) < 4.78 is 37.1. The fourth-order valence-electron chi connectivity index (χ4n) is 3.66. The molecule has 0 aliphatic carbocycles. The Labute approximate surface area is 207 Å². The van der Waals surface area contributed by atoms with E-state index in [9.17, 15) is 18.0 Å². The maximum absolute atomic E-state index is 13.6. The van der Waals surface area contributed by atoms with E-state index in [0.717, 1.165) is 21.7 Å². The highest BCUT2D eigenvalue weighted by Crippen LogP contribution is 2.36. The Morgan fingerprint density at radius 3 is 2.40 bits per heavy atom. The molecule has 1 N–H and O–H groups in total. The Balaban J connectivity index is 1.90. The van der Waals surface area contributed by atoms with Crippen LogP contribution in [0.1, 0.15) is 31.9 Å². The number of aryl methyl sites for hydroxylation is 1. The van der Waals surface area contributed by atoms with Crippen molar-refractivity contribution in [1.29, 1.82) is 0 Å². The molecule has 0 saturated carbocycles. The number of ether oxygens (including phenoxy) is 2. The molecule has 0 spiro atoms. The molecule has 3 rings (SSSR count). The number of nitrogens with zero attached hydrogens (tertiary/aromatic N) is 2. The first-order valence-corrected chi connectivity index (χ1v) is 13.3. The second-order valence-corrected chi connectivity index (χ2v) is 11.0. The highest BCUT2D eigenvalue weighted by atomic mass is 32.2. The molecule has 10 heteroatoms. The van der Waals surface area contributed by atoms with E-state index in [4.69, 9.17) is 9.47 Å². The van der Waals surface area contributed by atoms with E-state index in [1.54, 1.807) is 19.1 Å². The van der Waals surface area contributed by atoms with Crippen molar-refractivity contribution in [3.8, 4) is 11.5 Å². The van der Waals surface area contributed by atoms with Crippen LogP contribution in [0.15, 0.2) is 42.5 Å². The molecule has 9 nitrogen and oxygen atoms in total. The summed E-state index contributed by atoms with van der Waals surface area (Å²) in [6, 6.07) is 11.5. The van der Waals surface area contributed by atoms with Crippen molar-refractivity contribution >= 4 is 27.5 Å². The average Bonchev–Trinajstić information content (AvgIpc) is 3.27. The van der Waals surface area contributed by atoms with E-state index >= 15 is 0 Å². The number of fused-ring (bicyclic) bond motifs is 1. The van der Waals surface area contributed by atoms with Crippen molar-refractivity contribution in [2.75, 3.05) is 30.4 Å². The molecule has 0 aromatic heterocycles. The third kappa shape index (κ3) is 6.66. The highest BCUT2D eigenvalue weighted by Gasteiger charge is 2.31. The zero-order valence-corrected chi connectivity index (χ0v) is 21.6. The van der Waals surface area contributed by atoms with Crippen LogP contribution in [-0.2, 0) is 26.2 Å². The van der Waals surface area contributed by atoms with Gasteiger partial charge in [-0.15, -0.1) is 0 Å². The Kier molecular flexibility index (Phi) is 8.26. The van der Waals surface area contributed by atoms with Crippen molar-refractivity contribution < 1.29 is 27.5 Å². The van der Waals surface area contributed by atoms with Crippen LogP contribution in [0, 0.1) is 12.8 Å². The first-order valence-electron chi connectivity index (χ1n) is 11.5. The van der Waals surface area contributed by atoms with Crippen molar-refractivity contribution in [3.05, 3.63) is 53.6 Å².